The molecular formula is C19H21N5. The Morgan fingerprint density at radius 3 is 2.75 bits per heavy atom. The molecule has 0 saturated carbocycles. The maximum absolute atomic E-state index is 6.00. The van der Waals surface area contributed by atoms with E-state index < -0.39 is 0 Å². The third kappa shape index (κ3) is 3.81. The largest absolute Gasteiger partial charge is 0.370 e. The number of anilines is 1. The van der Waals surface area contributed by atoms with E-state index in [4.69, 9.17) is 5.73 Å². The zero-order chi connectivity index (χ0) is 16.9. The summed E-state index contributed by atoms with van der Waals surface area (Å²) < 4.78 is 1.82. The molecule has 0 aliphatic carbocycles. The molecule has 0 spiro atoms. The summed E-state index contributed by atoms with van der Waals surface area (Å²) in [5, 5.41) is 7.37. The van der Waals surface area contributed by atoms with Crippen LogP contribution in [0.5, 0.6) is 0 Å². The minimum absolute atomic E-state index is 0.405. The van der Waals surface area contributed by atoms with Crippen LogP contribution in [0.2, 0.25) is 0 Å². The predicted octanol–water partition coefficient (Wildman–Crippen LogP) is 3.42. The van der Waals surface area contributed by atoms with Gasteiger partial charge in [0.2, 0.25) is 0 Å². The highest BCUT2D eigenvalue weighted by molar-refractivity contribution is 5.92. The smallest absolute Gasteiger partial charge is 0.193 e. The van der Waals surface area contributed by atoms with Gasteiger partial charge in [-0.15, -0.1) is 0 Å². The number of nitrogens with zero attached hydrogens (tertiary/aromatic N) is 3. The Hall–Kier alpha value is -3.08. The zero-order valence-electron chi connectivity index (χ0n) is 13.9. The fourth-order valence-electron chi connectivity index (χ4n) is 2.40. The molecule has 1 heterocycles. The van der Waals surface area contributed by atoms with Gasteiger partial charge in [-0.25, -0.2) is 9.67 Å². The molecule has 5 heteroatoms. The number of rotatable bonds is 4. The molecule has 2 aromatic carbocycles. The molecule has 0 radical (unpaired) electrons. The highest BCUT2D eigenvalue weighted by Gasteiger charge is 2.00. The number of guanidine groups is 1. The number of benzene rings is 2. The molecule has 0 bridgehead atoms. The van der Waals surface area contributed by atoms with Crippen molar-refractivity contribution in [3.63, 3.8) is 0 Å². The van der Waals surface area contributed by atoms with E-state index in [9.17, 15) is 0 Å². The summed E-state index contributed by atoms with van der Waals surface area (Å²) in [6.07, 6.45) is 3.67. The normalized spacial score (nSPS) is 11.5. The van der Waals surface area contributed by atoms with Gasteiger partial charge in [0.1, 0.15) is 0 Å². The number of hydrogen-bond acceptors (Lipinski definition) is 2. The second-order valence-corrected chi connectivity index (χ2v) is 5.75. The first-order chi connectivity index (χ1) is 11.6. The van der Waals surface area contributed by atoms with Crippen molar-refractivity contribution < 1.29 is 0 Å². The van der Waals surface area contributed by atoms with Gasteiger partial charge in [-0.3, -0.25) is 0 Å². The molecule has 5 nitrogen and oxygen atoms in total. The van der Waals surface area contributed by atoms with Crippen LogP contribution in [0.15, 0.2) is 65.9 Å². The number of nitrogens with two attached hydrogens (primary N) is 1. The summed E-state index contributed by atoms with van der Waals surface area (Å²) in [5.74, 6) is 0.405. The lowest BCUT2D eigenvalue weighted by Gasteiger charge is -2.08. The van der Waals surface area contributed by atoms with Gasteiger partial charge in [0.05, 0.1) is 12.2 Å². The average molecular weight is 319 g/mol. The summed E-state index contributed by atoms with van der Waals surface area (Å²) in [7, 11) is 0. The molecule has 0 unspecified atom stereocenters. The minimum Gasteiger partial charge on any atom is -0.370 e. The molecule has 0 atom stereocenters. The Morgan fingerprint density at radius 1 is 1.12 bits per heavy atom. The van der Waals surface area contributed by atoms with E-state index in [1.165, 1.54) is 11.1 Å². The van der Waals surface area contributed by atoms with Crippen molar-refractivity contribution in [2.45, 2.75) is 20.4 Å². The summed E-state index contributed by atoms with van der Waals surface area (Å²) in [6.45, 7) is 4.68. The van der Waals surface area contributed by atoms with E-state index in [1.807, 2.05) is 41.2 Å². The first kappa shape index (κ1) is 15.8. The summed E-state index contributed by atoms with van der Waals surface area (Å²) in [5.41, 5.74) is 11.5. The fraction of sp³-hybridized carbons (Fsp3) is 0.158. The van der Waals surface area contributed by atoms with E-state index in [2.05, 4.69) is 47.5 Å². The maximum atomic E-state index is 6.00. The van der Waals surface area contributed by atoms with Crippen LogP contribution in [0.3, 0.4) is 0 Å². The number of nitrogens with one attached hydrogen (secondary N) is 1. The van der Waals surface area contributed by atoms with Gasteiger partial charge in [0.25, 0.3) is 0 Å². The van der Waals surface area contributed by atoms with Crippen molar-refractivity contribution in [2.24, 2.45) is 10.7 Å². The van der Waals surface area contributed by atoms with Gasteiger partial charge >= 0.3 is 0 Å². The Labute approximate surface area is 141 Å². The molecule has 1 aromatic heterocycles. The van der Waals surface area contributed by atoms with Crippen LogP contribution in [0, 0.1) is 13.8 Å². The van der Waals surface area contributed by atoms with Gasteiger partial charge in [-0.1, -0.05) is 18.2 Å². The standard InChI is InChI=1S/C19H21N5/c1-14-7-8-17(11-15(14)2)23-19(20)21-13-16-5-3-6-18(12-16)24-10-4-9-22-24/h3-12H,13H2,1-2H3,(H3,20,21,23). The number of aliphatic imine (C=N–C) groups is 1. The van der Waals surface area contributed by atoms with Crippen molar-refractivity contribution in [2.75, 3.05) is 5.32 Å². The average Bonchev–Trinajstić information content (AvgIpc) is 3.11. The van der Waals surface area contributed by atoms with Crippen molar-refractivity contribution in [3.05, 3.63) is 77.6 Å². The molecule has 0 aliphatic rings. The van der Waals surface area contributed by atoms with E-state index in [1.54, 1.807) is 6.20 Å². The molecule has 3 rings (SSSR count). The zero-order valence-corrected chi connectivity index (χ0v) is 13.9. The quantitative estimate of drug-likeness (QED) is 0.572. The SMILES string of the molecule is Cc1ccc(NC(N)=NCc2cccc(-n3cccn3)c2)cc1C. The second-order valence-electron chi connectivity index (χ2n) is 5.75. The van der Waals surface area contributed by atoms with Crippen LogP contribution in [0.1, 0.15) is 16.7 Å². The lowest BCUT2D eigenvalue weighted by Crippen LogP contribution is -2.22. The second kappa shape index (κ2) is 7.00. The Kier molecular flexibility index (Phi) is 4.61. The van der Waals surface area contributed by atoms with E-state index in [-0.39, 0.29) is 0 Å². The molecule has 0 fully saturated rings. The predicted molar refractivity (Wildman–Crippen MR) is 98.4 cm³/mol. The van der Waals surface area contributed by atoms with Gasteiger partial charge < -0.3 is 11.1 Å². The van der Waals surface area contributed by atoms with Crippen molar-refractivity contribution in [3.8, 4) is 5.69 Å². The Bertz CT molecular complexity index is 850. The molecule has 3 aromatic rings. The molecular weight excluding hydrogens is 298 g/mol. The van der Waals surface area contributed by atoms with Crippen molar-refractivity contribution in [1.29, 1.82) is 0 Å². The van der Waals surface area contributed by atoms with Crippen LogP contribution in [-0.2, 0) is 6.54 Å². The maximum Gasteiger partial charge on any atom is 0.193 e. The van der Waals surface area contributed by atoms with Gasteiger partial charge in [0.15, 0.2) is 5.96 Å². The summed E-state index contributed by atoms with van der Waals surface area (Å²) in [4.78, 5) is 4.42. The van der Waals surface area contributed by atoms with Gasteiger partial charge in [-0.2, -0.15) is 5.10 Å². The Morgan fingerprint density at radius 2 is 2.00 bits per heavy atom. The van der Waals surface area contributed by atoms with Gasteiger partial charge in [-0.05, 0) is 60.9 Å². The molecule has 0 amide bonds. The topological polar surface area (TPSA) is 68.2 Å². The van der Waals surface area contributed by atoms with Crippen molar-refractivity contribution >= 4 is 11.6 Å². The molecule has 122 valence electrons. The molecule has 0 aliphatic heterocycles. The van der Waals surface area contributed by atoms with E-state index in [0.29, 0.717) is 12.5 Å². The number of aryl methyl sites for hydroxylation is 2. The highest BCUT2D eigenvalue weighted by Crippen LogP contribution is 2.14. The van der Waals surface area contributed by atoms with Crippen LogP contribution in [0.25, 0.3) is 5.69 Å². The van der Waals surface area contributed by atoms with Crippen molar-refractivity contribution in [1.82, 2.24) is 9.78 Å². The lowest BCUT2D eigenvalue weighted by molar-refractivity contribution is 0.876. The third-order valence-corrected chi connectivity index (χ3v) is 3.89. The Balaban J connectivity index is 1.68. The van der Waals surface area contributed by atoms with Gasteiger partial charge in [0, 0.05) is 18.1 Å². The van der Waals surface area contributed by atoms with Crippen LogP contribution < -0.4 is 11.1 Å². The molecule has 0 saturated heterocycles. The van der Waals surface area contributed by atoms with Crippen LogP contribution >= 0.6 is 0 Å². The minimum atomic E-state index is 0.405. The number of aromatic nitrogens is 2. The third-order valence-electron chi connectivity index (χ3n) is 3.89. The van der Waals surface area contributed by atoms with Crippen LogP contribution in [0.4, 0.5) is 5.69 Å². The lowest BCUT2D eigenvalue weighted by atomic mass is 10.1. The molecule has 24 heavy (non-hydrogen) atoms. The highest BCUT2D eigenvalue weighted by atomic mass is 15.3. The first-order valence-corrected chi connectivity index (χ1v) is 7.85. The summed E-state index contributed by atoms with van der Waals surface area (Å²) in [6, 6.07) is 16.1. The number of hydrogen-bond donors (Lipinski definition) is 2. The van der Waals surface area contributed by atoms with E-state index >= 15 is 0 Å². The van der Waals surface area contributed by atoms with Crippen LogP contribution in [-0.4, -0.2) is 15.7 Å². The van der Waals surface area contributed by atoms with E-state index in [0.717, 1.165) is 16.9 Å². The monoisotopic (exact) mass is 319 g/mol. The first-order valence-electron chi connectivity index (χ1n) is 7.85. The molecule has 3 N–H and O–H groups in total. The fourth-order valence-corrected chi connectivity index (χ4v) is 2.40. The summed E-state index contributed by atoms with van der Waals surface area (Å²) >= 11 is 0.